The molecule has 0 radical (unpaired) electrons. The Hall–Kier alpha value is -2.92. The van der Waals surface area contributed by atoms with Crippen molar-refractivity contribution in [3.05, 3.63) is 70.8 Å². The number of aliphatic hydroxyl groups excluding tert-OH is 2. The molecule has 0 spiro atoms. The molecule has 1 aliphatic heterocycles. The van der Waals surface area contributed by atoms with Gasteiger partial charge in [-0.2, -0.15) is 8.78 Å². The summed E-state index contributed by atoms with van der Waals surface area (Å²) in [5.74, 6) is -7.53. The van der Waals surface area contributed by atoms with E-state index in [0.29, 0.717) is 0 Å². The highest BCUT2D eigenvalue weighted by atomic mass is 19.3. The van der Waals surface area contributed by atoms with Gasteiger partial charge in [0.25, 0.3) is 0 Å². The van der Waals surface area contributed by atoms with Crippen molar-refractivity contribution in [2.24, 2.45) is 0 Å². The van der Waals surface area contributed by atoms with Crippen molar-refractivity contribution >= 4 is 11.9 Å². The van der Waals surface area contributed by atoms with Crippen LogP contribution in [0.1, 0.15) is 37.9 Å². The first-order chi connectivity index (χ1) is 13.5. The highest BCUT2D eigenvalue weighted by molar-refractivity contribution is 5.90. The molecule has 10 heteroatoms. The molecule has 2 aromatic rings. The van der Waals surface area contributed by atoms with Gasteiger partial charge in [0.2, 0.25) is 6.29 Å². The van der Waals surface area contributed by atoms with Crippen LogP contribution in [0, 0.1) is 0 Å². The summed E-state index contributed by atoms with van der Waals surface area (Å²) in [4.78, 5) is 22.9. The van der Waals surface area contributed by atoms with E-state index in [2.05, 4.69) is 0 Å². The smallest absolute Gasteiger partial charge is 0.336 e. The Labute approximate surface area is 162 Å². The quantitative estimate of drug-likeness (QED) is 0.497. The average Bonchev–Trinajstić information content (AvgIpc) is 2.88. The topological polar surface area (TPSA) is 145 Å². The lowest BCUT2D eigenvalue weighted by atomic mass is 9.78. The molecule has 154 valence electrons. The average molecular weight is 410 g/mol. The Kier molecular flexibility index (Phi) is 5.13. The van der Waals surface area contributed by atoms with E-state index in [1.165, 1.54) is 24.3 Å². The second-order valence-corrected chi connectivity index (χ2v) is 6.49. The molecular weight excluding hydrogens is 394 g/mol. The minimum Gasteiger partial charge on any atom is -0.478 e. The van der Waals surface area contributed by atoms with Crippen LogP contribution in [0.25, 0.3) is 0 Å². The summed E-state index contributed by atoms with van der Waals surface area (Å²) in [5.41, 5.74) is -5.78. The summed E-state index contributed by atoms with van der Waals surface area (Å²) in [6.07, 6.45) is -7.31. The number of halogens is 2. The van der Waals surface area contributed by atoms with Gasteiger partial charge in [0.05, 0.1) is 11.1 Å². The van der Waals surface area contributed by atoms with Crippen LogP contribution in [0.5, 0.6) is 0 Å². The fourth-order valence-electron chi connectivity index (χ4n) is 3.45. The van der Waals surface area contributed by atoms with Crippen molar-refractivity contribution in [1.29, 1.82) is 0 Å². The lowest BCUT2D eigenvalue weighted by molar-refractivity contribution is -0.224. The number of hydrogen-bond acceptors (Lipinski definition) is 6. The van der Waals surface area contributed by atoms with Crippen LogP contribution >= 0.6 is 0 Å². The zero-order chi connectivity index (χ0) is 21.6. The third-order valence-corrected chi connectivity index (χ3v) is 4.87. The van der Waals surface area contributed by atoms with E-state index in [-0.39, 0.29) is 5.56 Å². The molecule has 0 unspecified atom stereocenters. The van der Waals surface area contributed by atoms with Gasteiger partial charge < -0.3 is 30.3 Å². The third kappa shape index (κ3) is 3.06. The highest BCUT2D eigenvalue weighted by Gasteiger charge is 2.72. The Balaban J connectivity index is 2.22. The molecule has 1 fully saturated rings. The van der Waals surface area contributed by atoms with Crippen LogP contribution in [0.3, 0.4) is 0 Å². The minimum atomic E-state index is -4.43. The molecule has 0 bridgehead atoms. The lowest BCUT2D eigenvalue weighted by Gasteiger charge is -2.36. The number of carboxylic acid groups (broad SMARTS) is 2. The molecule has 1 heterocycles. The minimum absolute atomic E-state index is 0.360. The van der Waals surface area contributed by atoms with Crippen LogP contribution < -0.4 is 0 Å². The van der Waals surface area contributed by atoms with Gasteiger partial charge >= 0.3 is 17.9 Å². The molecule has 0 saturated carbocycles. The molecule has 8 nitrogen and oxygen atoms in total. The van der Waals surface area contributed by atoms with Gasteiger partial charge in [0.15, 0.2) is 5.60 Å². The molecular formula is C19H16F2O8. The van der Waals surface area contributed by atoms with Gasteiger partial charge in [-0.05, 0) is 17.7 Å². The maximum absolute atomic E-state index is 14.9. The lowest BCUT2D eigenvalue weighted by Crippen LogP contribution is -2.53. The SMILES string of the molecule is O=C(O)c1ccccc1[C@@H](O)[C@H]1O[C@H](O)C(F)(F)[C@@]1(O)c1ccccc1C(=O)O. The first-order valence-corrected chi connectivity index (χ1v) is 8.30. The molecule has 3 rings (SSSR count). The summed E-state index contributed by atoms with van der Waals surface area (Å²) in [5, 5.41) is 50.0. The van der Waals surface area contributed by atoms with Crippen molar-refractivity contribution in [2.75, 3.05) is 0 Å². The molecule has 0 aromatic heterocycles. The number of benzene rings is 2. The van der Waals surface area contributed by atoms with Crippen LogP contribution in [-0.2, 0) is 10.3 Å². The van der Waals surface area contributed by atoms with Gasteiger partial charge in [-0.25, -0.2) is 9.59 Å². The largest absolute Gasteiger partial charge is 0.478 e. The molecule has 29 heavy (non-hydrogen) atoms. The number of carbonyl (C=O) groups is 2. The zero-order valence-electron chi connectivity index (χ0n) is 14.6. The first-order valence-electron chi connectivity index (χ1n) is 8.30. The van der Waals surface area contributed by atoms with E-state index in [0.717, 1.165) is 24.3 Å². The number of hydrogen-bond donors (Lipinski definition) is 5. The highest BCUT2D eigenvalue weighted by Crippen LogP contribution is 2.54. The summed E-state index contributed by atoms with van der Waals surface area (Å²) >= 11 is 0. The second kappa shape index (κ2) is 7.16. The number of carboxylic acids is 2. The van der Waals surface area contributed by atoms with Crippen LogP contribution in [0.2, 0.25) is 0 Å². The Morgan fingerprint density at radius 2 is 1.48 bits per heavy atom. The maximum atomic E-state index is 14.9. The summed E-state index contributed by atoms with van der Waals surface area (Å²) < 4.78 is 34.5. The van der Waals surface area contributed by atoms with E-state index in [1.54, 1.807) is 0 Å². The molecule has 2 aromatic carbocycles. The van der Waals surface area contributed by atoms with Crippen molar-refractivity contribution in [1.82, 2.24) is 0 Å². The van der Waals surface area contributed by atoms with Crippen molar-refractivity contribution in [3.63, 3.8) is 0 Å². The maximum Gasteiger partial charge on any atom is 0.336 e. The zero-order valence-corrected chi connectivity index (χ0v) is 14.6. The van der Waals surface area contributed by atoms with E-state index in [9.17, 15) is 43.9 Å². The Morgan fingerprint density at radius 1 is 0.966 bits per heavy atom. The predicted octanol–water partition coefficient (Wildman–Crippen LogP) is 1.36. The van der Waals surface area contributed by atoms with Crippen LogP contribution in [-0.4, -0.2) is 55.8 Å². The number of aliphatic hydroxyl groups is 3. The summed E-state index contributed by atoms with van der Waals surface area (Å²) in [7, 11) is 0. The molecule has 4 atom stereocenters. The fourth-order valence-corrected chi connectivity index (χ4v) is 3.45. The summed E-state index contributed by atoms with van der Waals surface area (Å²) in [6.45, 7) is 0. The summed E-state index contributed by atoms with van der Waals surface area (Å²) in [6, 6.07) is 9.20. The van der Waals surface area contributed by atoms with E-state index in [1.807, 2.05) is 0 Å². The van der Waals surface area contributed by atoms with Gasteiger partial charge in [-0.1, -0.05) is 36.4 Å². The number of ether oxygens (including phenoxy) is 1. The van der Waals surface area contributed by atoms with E-state index < -0.39 is 58.7 Å². The third-order valence-electron chi connectivity index (χ3n) is 4.87. The van der Waals surface area contributed by atoms with Crippen molar-refractivity contribution in [2.45, 2.75) is 30.0 Å². The standard InChI is InChI=1S/C19H16F2O8/c20-19(21)17(27)29-14(13(22)9-5-1-2-6-10(9)15(23)24)18(19,28)12-8-4-3-7-11(12)16(25)26/h1-8,13-14,17,22,27-28H,(H,23,24)(H,25,26)/t13-,14-,17+,18-/m1/s1. The van der Waals surface area contributed by atoms with Gasteiger partial charge in [0, 0.05) is 5.56 Å². The molecule has 1 saturated heterocycles. The Morgan fingerprint density at radius 3 is 2.07 bits per heavy atom. The van der Waals surface area contributed by atoms with Gasteiger partial charge in [0.1, 0.15) is 12.2 Å². The number of aromatic carboxylic acids is 2. The van der Waals surface area contributed by atoms with E-state index >= 15 is 0 Å². The van der Waals surface area contributed by atoms with Crippen LogP contribution in [0.4, 0.5) is 8.78 Å². The predicted molar refractivity (Wildman–Crippen MR) is 91.5 cm³/mol. The first kappa shape index (κ1) is 20.8. The molecule has 1 aliphatic rings. The van der Waals surface area contributed by atoms with Gasteiger partial charge in [-0.15, -0.1) is 0 Å². The van der Waals surface area contributed by atoms with Crippen LogP contribution in [0.15, 0.2) is 48.5 Å². The molecule has 0 amide bonds. The molecule has 0 aliphatic carbocycles. The van der Waals surface area contributed by atoms with E-state index in [4.69, 9.17) is 4.74 Å². The second-order valence-electron chi connectivity index (χ2n) is 6.49. The monoisotopic (exact) mass is 410 g/mol. The number of alkyl halides is 2. The number of rotatable bonds is 5. The van der Waals surface area contributed by atoms with Crippen molar-refractivity contribution in [3.8, 4) is 0 Å². The Bertz CT molecular complexity index is 963. The fraction of sp³-hybridized carbons (Fsp3) is 0.263. The van der Waals surface area contributed by atoms with Crippen molar-refractivity contribution < 1.29 is 48.6 Å². The van der Waals surface area contributed by atoms with Gasteiger partial charge in [-0.3, -0.25) is 0 Å². The molecule has 5 N–H and O–H groups in total. The normalized spacial score (nSPS) is 26.8.